The van der Waals surface area contributed by atoms with E-state index in [9.17, 15) is 9.59 Å². The molecule has 1 aliphatic rings. The average molecular weight is 395 g/mol. The van der Waals surface area contributed by atoms with E-state index in [1.807, 2.05) is 60.7 Å². The quantitative estimate of drug-likeness (QED) is 0.526. The van der Waals surface area contributed by atoms with Crippen LogP contribution in [0.25, 0.3) is 22.0 Å². The number of rotatable bonds is 3. The Labute approximate surface area is 174 Å². The molecule has 5 nitrogen and oxygen atoms in total. The van der Waals surface area contributed by atoms with Gasteiger partial charge in [0.25, 0.3) is 5.56 Å². The Morgan fingerprint density at radius 1 is 0.900 bits per heavy atom. The normalized spacial score (nSPS) is 13.3. The van der Waals surface area contributed by atoms with Gasteiger partial charge >= 0.3 is 0 Å². The third-order valence-corrected chi connectivity index (χ3v) is 5.63. The smallest absolute Gasteiger partial charge is 0.267 e. The van der Waals surface area contributed by atoms with Gasteiger partial charge in [0.2, 0.25) is 5.91 Å². The largest absolute Gasteiger partial charge is 0.311 e. The monoisotopic (exact) mass is 395 g/mol. The molecule has 0 saturated heterocycles. The molecular weight excluding hydrogens is 374 g/mol. The molecule has 148 valence electrons. The number of fused-ring (bicyclic) bond motifs is 2. The van der Waals surface area contributed by atoms with Crippen LogP contribution in [-0.4, -0.2) is 22.2 Å². The lowest BCUT2D eigenvalue weighted by molar-refractivity contribution is -0.119. The van der Waals surface area contributed by atoms with E-state index in [-0.39, 0.29) is 18.0 Å². The molecule has 1 aromatic heterocycles. The highest BCUT2D eigenvalue weighted by Crippen LogP contribution is 2.28. The maximum absolute atomic E-state index is 13.1. The fraction of sp³-hybridized carbons (Fsp3) is 0.160. The van der Waals surface area contributed by atoms with Crippen molar-refractivity contribution in [3.8, 4) is 11.3 Å². The van der Waals surface area contributed by atoms with E-state index in [2.05, 4.69) is 11.2 Å². The molecule has 0 atom stereocenters. The number of hydrogen-bond donors (Lipinski definition) is 0. The lowest BCUT2D eigenvalue weighted by Crippen LogP contribution is -2.40. The molecule has 0 saturated carbocycles. The predicted molar refractivity (Wildman–Crippen MR) is 119 cm³/mol. The van der Waals surface area contributed by atoms with Crippen LogP contribution in [0.1, 0.15) is 12.0 Å². The van der Waals surface area contributed by atoms with E-state index in [4.69, 9.17) is 0 Å². The topological polar surface area (TPSA) is 55.2 Å². The van der Waals surface area contributed by atoms with Gasteiger partial charge in [0, 0.05) is 23.9 Å². The number of carbonyl (C=O) groups is 1. The van der Waals surface area contributed by atoms with E-state index in [1.54, 1.807) is 11.0 Å². The number of amides is 1. The molecule has 0 fully saturated rings. The van der Waals surface area contributed by atoms with Crippen LogP contribution in [0.3, 0.4) is 0 Å². The van der Waals surface area contributed by atoms with Crippen molar-refractivity contribution in [2.75, 3.05) is 11.4 Å². The Balaban J connectivity index is 1.49. The molecular formula is C25H21N3O2. The maximum Gasteiger partial charge on any atom is 0.267 e. The van der Waals surface area contributed by atoms with Gasteiger partial charge in [-0.1, -0.05) is 60.7 Å². The van der Waals surface area contributed by atoms with Gasteiger partial charge in [0.05, 0.1) is 5.69 Å². The minimum absolute atomic E-state index is 0.0776. The molecule has 0 N–H and O–H groups in total. The van der Waals surface area contributed by atoms with Crippen LogP contribution in [0, 0.1) is 0 Å². The van der Waals surface area contributed by atoms with Gasteiger partial charge in [0.15, 0.2) is 0 Å². The second kappa shape index (κ2) is 7.59. The minimum Gasteiger partial charge on any atom is -0.311 e. The Morgan fingerprint density at radius 2 is 1.70 bits per heavy atom. The first-order chi connectivity index (χ1) is 14.7. The first-order valence-corrected chi connectivity index (χ1v) is 10.2. The van der Waals surface area contributed by atoms with Crippen LogP contribution in [0.4, 0.5) is 5.69 Å². The zero-order valence-corrected chi connectivity index (χ0v) is 16.5. The molecule has 0 radical (unpaired) electrons. The Hall–Kier alpha value is -3.73. The van der Waals surface area contributed by atoms with E-state index in [1.165, 1.54) is 16.3 Å². The van der Waals surface area contributed by atoms with Gasteiger partial charge in [-0.25, -0.2) is 4.68 Å². The Morgan fingerprint density at radius 3 is 2.63 bits per heavy atom. The summed E-state index contributed by atoms with van der Waals surface area (Å²) in [7, 11) is 0. The molecule has 0 bridgehead atoms. The van der Waals surface area contributed by atoms with Gasteiger partial charge in [-0.15, -0.1) is 0 Å². The van der Waals surface area contributed by atoms with Crippen LogP contribution < -0.4 is 10.5 Å². The van der Waals surface area contributed by atoms with Gasteiger partial charge in [-0.05, 0) is 41.3 Å². The van der Waals surface area contributed by atoms with Crippen molar-refractivity contribution in [2.24, 2.45) is 0 Å². The van der Waals surface area contributed by atoms with E-state index in [0.717, 1.165) is 34.9 Å². The average Bonchev–Trinajstić information content (AvgIpc) is 2.79. The summed E-state index contributed by atoms with van der Waals surface area (Å²) >= 11 is 0. The standard InChI is InChI=1S/C25H21N3O2/c29-24-15-14-22(21-12-5-9-18-7-1-3-11-20(18)21)26-28(24)17-25(30)27-16-6-10-19-8-2-4-13-23(19)27/h1-5,7-9,11-15H,6,10,16-17H2. The molecule has 0 aliphatic carbocycles. The summed E-state index contributed by atoms with van der Waals surface area (Å²) in [6.07, 6.45) is 1.88. The Bertz CT molecular complexity index is 1300. The first-order valence-electron chi connectivity index (χ1n) is 10.2. The molecule has 1 aliphatic heterocycles. The first kappa shape index (κ1) is 18.3. The molecule has 5 heteroatoms. The molecule has 5 rings (SSSR count). The number of hydrogen-bond acceptors (Lipinski definition) is 3. The number of anilines is 1. The third-order valence-electron chi connectivity index (χ3n) is 5.63. The van der Waals surface area contributed by atoms with Crippen molar-refractivity contribution < 1.29 is 4.79 Å². The van der Waals surface area contributed by atoms with Crippen LogP contribution in [-0.2, 0) is 17.8 Å². The fourth-order valence-corrected chi connectivity index (χ4v) is 4.16. The summed E-state index contributed by atoms with van der Waals surface area (Å²) in [4.78, 5) is 27.3. The number of para-hydroxylation sites is 1. The SMILES string of the molecule is O=C(Cn1nc(-c2cccc3ccccc23)ccc1=O)N1CCCc2ccccc21. The van der Waals surface area contributed by atoms with Crippen molar-refractivity contribution in [3.05, 3.63) is 94.8 Å². The summed E-state index contributed by atoms with van der Waals surface area (Å²) < 4.78 is 1.27. The second-order valence-corrected chi connectivity index (χ2v) is 7.52. The Kier molecular flexibility index (Phi) is 4.64. The highest BCUT2D eigenvalue weighted by atomic mass is 16.2. The zero-order valence-electron chi connectivity index (χ0n) is 16.5. The van der Waals surface area contributed by atoms with Gasteiger partial charge < -0.3 is 4.90 Å². The summed E-state index contributed by atoms with van der Waals surface area (Å²) in [6, 6.07) is 25.2. The lowest BCUT2D eigenvalue weighted by Gasteiger charge is -2.29. The van der Waals surface area contributed by atoms with Crippen LogP contribution >= 0.6 is 0 Å². The molecule has 2 heterocycles. The molecule has 30 heavy (non-hydrogen) atoms. The molecule has 3 aromatic carbocycles. The summed E-state index contributed by atoms with van der Waals surface area (Å²) in [6.45, 7) is 0.583. The third kappa shape index (κ3) is 3.28. The zero-order chi connectivity index (χ0) is 20.5. The summed E-state index contributed by atoms with van der Waals surface area (Å²) in [5.74, 6) is -0.119. The second-order valence-electron chi connectivity index (χ2n) is 7.52. The van der Waals surface area contributed by atoms with Crippen LogP contribution in [0.15, 0.2) is 83.7 Å². The lowest BCUT2D eigenvalue weighted by atomic mass is 10.0. The van der Waals surface area contributed by atoms with Gasteiger partial charge in [-0.3, -0.25) is 9.59 Å². The number of aryl methyl sites for hydroxylation is 1. The summed E-state index contributed by atoms with van der Waals surface area (Å²) in [5, 5.41) is 6.71. The number of nitrogens with zero attached hydrogens (tertiary/aromatic N) is 3. The van der Waals surface area contributed by atoms with E-state index < -0.39 is 0 Å². The molecule has 4 aromatic rings. The fourth-order valence-electron chi connectivity index (χ4n) is 4.16. The molecule has 0 spiro atoms. The van der Waals surface area contributed by atoms with Crippen LogP contribution in [0.5, 0.6) is 0 Å². The van der Waals surface area contributed by atoms with Crippen molar-refractivity contribution >= 4 is 22.4 Å². The summed E-state index contributed by atoms with van der Waals surface area (Å²) in [5.41, 5.74) is 3.45. The van der Waals surface area contributed by atoms with E-state index in [0.29, 0.717) is 12.2 Å². The highest BCUT2D eigenvalue weighted by molar-refractivity contribution is 5.96. The predicted octanol–water partition coefficient (Wildman–Crippen LogP) is 4.04. The van der Waals surface area contributed by atoms with Gasteiger partial charge in [-0.2, -0.15) is 5.10 Å². The van der Waals surface area contributed by atoms with E-state index >= 15 is 0 Å². The number of benzene rings is 3. The van der Waals surface area contributed by atoms with Crippen LogP contribution in [0.2, 0.25) is 0 Å². The highest BCUT2D eigenvalue weighted by Gasteiger charge is 2.23. The maximum atomic E-state index is 13.1. The van der Waals surface area contributed by atoms with Gasteiger partial charge in [0.1, 0.15) is 6.54 Å². The van der Waals surface area contributed by atoms with Crippen molar-refractivity contribution in [3.63, 3.8) is 0 Å². The number of aromatic nitrogens is 2. The number of carbonyl (C=O) groups excluding carboxylic acids is 1. The van der Waals surface area contributed by atoms with Crippen molar-refractivity contribution in [1.29, 1.82) is 0 Å². The van der Waals surface area contributed by atoms with Crippen molar-refractivity contribution in [2.45, 2.75) is 19.4 Å². The van der Waals surface area contributed by atoms with Crippen molar-refractivity contribution in [1.82, 2.24) is 9.78 Å². The molecule has 1 amide bonds. The minimum atomic E-state index is -0.280. The molecule has 0 unspecified atom stereocenters.